The maximum absolute atomic E-state index is 14.2. The fraction of sp³-hybridized carbons (Fsp3) is 0.0370. The number of aromatic hydroxyl groups is 1. The Kier molecular flexibility index (Phi) is 6.08. The van der Waals surface area contributed by atoms with Crippen LogP contribution in [0.3, 0.4) is 0 Å². The number of pyridine rings is 1. The van der Waals surface area contributed by atoms with E-state index in [-0.39, 0.29) is 21.6 Å². The molecule has 0 atom stereocenters. The number of fused-ring (bicyclic) bond motifs is 1. The minimum absolute atomic E-state index is 0.0134. The fourth-order valence-electron chi connectivity index (χ4n) is 3.99. The third-order valence-corrected chi connectivity index (χ3v) is 7.65. The standard InChI is InChI=1S/C27H17BrFNO4S/c1-15-22(16-8-3-2-4-9-16)30(18-11-7-10-17(29)14-18)26(32)21-23(31)25(27(33)34-24(15)21)35-20-13-6-5-12-19(20)28/h2-14,31H,1H3. The van der Waals surface area contributed by atoms with Crippen LogP contribution < -0.4 is 11.2 Å². The van der Waals surface area contributed by atoms with E-state index in [1.807, 2.05) is 24.3 Å². The number of halogens is 2. The summed E-state index contributed by atoms with van der Waals surface area (Å²) in [6, 6.07) is 21.9. The Balaban J connectivity index is 1.88. The number of hydrogen-bond donors (Lipinski definition) is 1. The summed E-state index contributed by atoms with van der Waals surface area (Å²) in [4.78, 5) is 27.4. The summed E-state index contributed by atoms with van der Waals surface area (Å²) in [5.41, 5.74) is 0.431. The summed E-state index contributed by atoms with van der Waals surface area (Å²) in [6.45, 7) is 1.70. The Morgan fingerprint density at radius 1 is 0.971 bits per heavy atom. The summed E-state index contributed by atoms with van der Waals surface area (Å²) in [6.07, 6.45) is 0. The zero-order chi connectivity index (χ0) is 24.7. The molecule has 0 amide bonds. The number of nitrogens with zero attached hydrogens (tertiary/aromatic N) is 1. The first-order valence-corrected chi connectivity index (χ1v) is 12.2. The molecule has 0 unspecified atom stereocenters. The molecular weight excluding hydrogens is 533 g/mol. The fourth-order valence-corrected chi connectivity index (χ4v) is 5.37. The van der Waals surface area contributed by atoms with Crippen molar-refractivity contribution in [3.63, 3.8) is 0 Å². The third-order valence-electron chi connectivity index (χ3n) is 5.56. The second-order valence-electron chi connectivity index (χ2n) is 7.76. The molecule has 3 aromatic carbocycles. The Hall–Kier alpha value is -3.62. The van der Waals surface area contributed by atoms with Gasteiger partial charge < -0.3 is 9.52 Å². The molecule has 5 nitrogen and oxygen atoms in total. The first-order chi connectivity index (χ1) is 16.9. The molecule has 0 saturated carbocycles. The van der Waals surface area contributed by atoms with Crippen LogP contribution in [-0.4, -0.2) is 9.67 Å². The van der Waals surface area contributed by atoms with Gasteiger partial charge in [-0.25, -0.2) is 9.18 Å². The number of aryl methyl sites for hydroxylation is 1. The van der Waals surface area contributed by atoms with Crippen LogP contribution in [0.5, 0.6) is 5.75 Å². The van der Waals surface area contributed by atoms with Crippen molar-refractivity contribution in [2.24, 2.45) is 0 Å². The molecule has 0 fully saturated rings. The Morgan fingerprint density at radius 2 is 1.69 bits per heavy atom. The lowest BCUT2D eigenvalue weighted by molar-refractivity contribution is 0.445. The lowest BCUT2D eigenvalue weighted by Crippen LogP contribution is -2.23. The molecule has 0 saturated heterocycles. The van der Waals surface area contributed by atoms with Gasteiger partial charge in [-0.2, -0.15) is 0 Å². The summed E-state index contributed by atoms with van der Waals surface area (Å²) >= 11 is 4.42. The molecule has 2 aromatic heterocycles. The highest BCUT2D eigenvalue weighted by Gasteiger charge is 2.25. The average Bonchev–Trinajstić information content (AvgIpc) is 2.85. The van der Waals surface area contributed by atoms with Crippen molar-refractivity contribution >= 4 is 38.7 Å². The van der Waals surface area contributed by atoms with Crippen LogP contribution >= 0.6 is 27.7 Å². The van der Waals surface area contributed by atoms with Crippen LogP contribution in [0.25, 0.3) is 27.9 Å². The molecule has 0 aliphatic carbocycles. The highest BCUT2D eigenvalue weighted by molar-refractivity contribution is 9.10. The monoisotopic (exact) mass is 549 g/mol. The highest BCUT2D eigenvalue weighted by Crippen LogP contribution is 2.40. The molecule has 5 rings (SSSR count). The summed E-state index contributed by atoms with van der Waals surface area (Å²) in [5.74, 6) is -0.991. The van der Waals surface area contributed by atoms with E-state index >= 15 is 0 Å². The van der Waals surface area contributed by atoms with Gasteiger partial charge in [0.2, 0.25) is 0 Å². The summed E-state index contributed by atoms with van der Waals surface area (Å²) in [5, 5.41) is 11.0. The number of rotatable bonds is 4. The zero-order valence-corrected chi connectivity index (χ0v) is 20.7. The van der Waals surface area contributed by atoms with Gasteiger partial charge in [-0.05, 0) is 58.7 Å². The predicted molar refractivity (Wildman–Crippen MR) is 138 cm³/mol. The van der Waals surface area contributed by atoms with Gasteiger partial charge in [-0.3, -0.25) is 9.36 Å². The highest BCUT2D eigenvalue weighted by atomic mass is 79.9. The molecule has 0 aliphatic rings. The Bertz CT molecular complexity index is 1710. The average molecular weight is 550 g/mol. The molecule has 2 heterocycles. The first-order valence-electron chi connectivity index (χ1n) is 10.6. The van der Waals surface area contributed by atoms with E-state index in [1.165, 1.54) is 22.8 Å². The summed E-state index contributed by atoms with van der Waals surface area (Å²) < 4.78 is 21.9. The molecule has 1 N–H and O–H groups in total. The van der Waals surface area contributed by atoms with Crippen LogP contribution in [0.2, 0.25) is 0 Å². The molecule has 5 aromatic rings. The third kappa shape index (κ3) is 4.09. The molecular formula is C27H17BrFNO4S. The van der Waals surface area contributed by atoms with E-state index in [4.69, 9.17) is 4.42 Å². The largest absolute Gasteiger partial charge is 0.505 e. The van der Waals surface area contributed by atoms with Gasteiger partial charge in [-0.15, -0.1) is 0 Å². The molecule has 35 heavy (non-hydrogen) atoms. The van der Waals surface area contributed by atoms with E-state index in [2.05, 4.69) is 15.9 Å². The van der Waals surface area contributed by atoms with Crippen LogP contribution in [0.4, 0.5) is 4.39 Å². The first kappa shape index (κ1) is 23.1. The Morgan fingerprint density at radius 3 is 2.40 bits per heavy atom. The predicted octanol–water partition coefficient (Wildman–Crippen LogP) is 6.68. The summed E-state index contributed by atoms with van der Waals surface area (Å²) in [7, 11) is 0. The SMILES string of the molecule is Cc1c(-c2ccccc2)n(-c2cccc(F)c2)c(=O)c2c(O)c(Sc3ccccc3Br)c(=O)oc12. The van der Waals surface area contributed by atoms with Gasteiger partial charge in [0.25, 0.3) is 5.56 Å². The maximum atomic E-state index is 14.2. The van der Waals surface area contributed by atoms with E-state index in [9.17, 15) is 19.1 Å². The lowest BCUT2D eigenvalue weighted by Gasteiger charge is -2.18. The van der Waals surface area contributed by atoms with Crippen molar-refractivity contribution < 1.29 is 13.9 Å². The van der Waals surface area contributed by atoms with Gasteiger partial charge in [0.05, 0.1) is 11.4 Å². The quantitative estimate of drug-likeness (QED) is 0.270. The van der Waals surface area contributed by atoms with Crippen LogP contribution in [0.1, 0.15) is 5.56 Å². The van der Waals surface area contributed by atoms with E-state index in [0.717, 1.165) is 16.2 Å². The van der Waals surface area contributed by atoms with Crippen molar-refractivity contribution in [3.8, 4) is 22.7 Å². The lowest BCUT2D eigenvalue weighted by atomic mass is 10.0. The molecule has 0 radical (unpaired) electrons. The van der Waals surface area contributed by atoms with Crippen LogP contribution in [-0.2, 0) is 0 Å². The zero-order valence-electron chi connectivity index (χ0n) is 18.3. The Labute approximate surface area is 211 Å². The normalized spacial score (nSPS) is 11.2. The maximum Gasteiger partial charge on any atom is 0.354 e. The van der Waals surface area contributed by atoms with Crippen molar-refractivity contribution in [1.29, 1.82) is 0 Å². The smallest absolute Gasteiger partial charge is 0.354 e. The van der Waals surface area contributed by atoms with Crippen molar-refractivity contribution in [1.82, 2.24) is 4.57 Å². The van der Waals surface area contributed by atoms with E-state index < -0.39 is 22.8 Å². The molecule has 0 aliphatic heterocycles. The number of benzene rings is 3. The van der Waals surface area contributed by atoms with Gasteiger partial charge in [0.1, 0.15) is 16.1 Å². The molecule has 174 valence electrons. The van der Waals surface area contributed by atoms with Crippen molar-refractivity contribution in [2.45, 2.75) is 16.7 Å². The van der Waals surface area contributed by atoms with Crippen LogP contribution in [0, 0.1) is 12.7 Å². The molecule has 0 bridgehead atoms. The van der Waals surface area contributed by atoms with Crippen molar-refractivity contribution in [2.75, 3.05) is 0 Å². The van der Waals surface area contributed by atoms with E-state index in [1.54, 1.807) is 43.3 Å². The second-order valence-corrected chi connectivity index (χ2v) is 9.67. The number of aromatic nitrogens is 1. The van der Waals surface area contributed by atoms with Gasteiger partial charge in [0.15, 0.2) is 11.3 Å². The minimum Gasteiger partial charge on any atom is -0.505 e. The topological polar surface area (TPSA) is 72.4 Å². The van der Waals surface area contributed by atoms with Gasteiger partial charge >= 0.3 is 5.63 Å². The minimum atomic E-state index is -0.763. The van der Waals surface area contributed by atoms with Gasteiger partial charge in [0, 0.05) is 14.9 Å². The second kappa shape index (κ2) is 9.20. The van der Waals surface area contributed by atoms with E-state index in [0.29, 0.717) is 21.7 Å². The van der Waals surface area contributed by atoms with Crippen LogP contribution in [0.15, 0.2) is 107 Å². The molecule has 8 heteroatoms. The molecule has 0 spiro atoms. The van der Waals surface area contributed by atoms with Crippen molar-refractivity contribution in [3.05, 3.63) is 115 Å². The number of hydrogen-bond acceptors (Lipinski definition) is 5. The van der Waals surface area contributed by atoms with Gasteiger partial charge in [-0.1, -0.05) is 60.3 Å².